The van der Waals surface area contributed by atoms with Gasteiger partial charge in [0.05, 0.1) is 17.6 Å². The molecule has 128 valence electrons. The number of fused-ring (bicyclic) bond motifs is 1. The molecule has 1 aliphatic rings. The van der Waals surface area contributed by atoms with Crippen LogP contribution in [0.3, 0.4) is 0 Å². The summed E-state index contributed by atoms with van der Waals surface area (Å²) in [5.41, 5.74) is 0.833. The summed E-state index contributed by atoms with van der Waals surface area (Å²) >= 11 is 3.57. The Hall–Kier alpha value is -1.31. The molecule has 1 aromatic carbocycles. The van der Waals surface area contributed by atoms with Crippen molar-refractivity contribution in [3.63, 3.8) is 0 Å². The highest BCUT2D eigenvalue weighted by molar-refractivity contribution is 9.10. The van der Waals surface area contributed by atoms with E-state index < -0.39 is 30.1 Å². The lowest BCUT2D eigenvalue weighted by Gasteiger charge is -2.32. The highest BCUT2D eigenvalue weighted by Gasteiger charge is 2.54. The Morgan fingerprint density at radius 1 is 1.29 bits per heavy atom. The number of halogens is 1. The van der Waals surface area contributed by atoms with E-state index in [1.165, 1.54) is 0 Å². The number of nitrogens with one attached hydrogen (secondary N) is 1. The van der Waals surface area contributed by atoms with Crippen molar-refractivity contribution in [2.75, 3.05) is 0 Å². The van der Waals surface area contributed by atoms with E-state index in [0.29, 0.717) is 0 Å². The molecule has 1 atom stereocenters. The number of carbonyl (C=O) groups is 1. The van der Waals surface area contributed by atoms with Crippen molar-refractivity contribution in [3.05, 3.63) is 34.4 Å². The van der Waals surface area contributed by atoms with Gasteiger partial charge in [-0.15, -0.1) is 0 Å². The normalized spacial score (nSPS) is 20.5. The molecule has 3 rings (SSSR count). The number of benzene rings is 1. The van der Waals surface area contributed by atoms with Gasteiger partial charge in [-0.3, -0.25) is 4.79 Å². The molecule has 0 radical (unpaired) electrons. The lowest BCUT2D eigenvalue weighted by Crippen LogP contribution is -2.41. The lowest BCUT2D eigenvalue weighted by molar-refractivity contribution is -0.137. The highest BCUT2D eigenvalue weighted by atomic mass is 79.9. The molecule has 24 heavy (non-hydrogen) atoms. The van der Waals surface area contributed by atoms with E-state index in [2.05, 4.69) is 20.9 Å². The van der Waals surface area contributed by atoms with E-state index in [-0.39, 0.29) is 6.42 Å². The van der Waals surface area contributed by atoms with E-state index in [9.17, 15) is 9.90 Å². The van der Waals surface area contributed by atoms with Crippen LogP contribution in [0.1, 0.15) is 45.5 Å². The van der Waals surface area contributed by atoms with Crippen molar-refractivity contribution < 1.29 is 19.2 Å². The van der Waals surface area contributed by atoms with Gasteiger partial charge in [0, 0.05) is 27.4 Å². The molecule has 1 fully saturated rings. The van der Waals surface area contributed by atoms with Crippen molar-refractivity contribution in [1.29, 1.82) is 0 Å². The van der Waals surface area contributed by atoms with Crippen molar-refractivity contribution in [3.8, 4) is 0 Å². The van der Waals surface area contributed by atoms with Crippen LogP contribution in [0.25, 0.3) is 10.9 Å². The molecule has 1 aromatic heterocycles. The van der Waals surface area contributed by atoms with E-state index in [1.54, 1.807) is 0 Å². The molecule has 0 saturated carbocycles. The minimum absolute atomic E-state index is 0.0644. The number of rotatable bonds is 4. The summed E-state index contributed by atoms with van der Waals surface area (Å²) < 4.78 is 13.2. The number of aliphatic carboxylic acids is 1. The lowest BCUT2D eigenvalue weighted by atomic mass is 9.66. The van der Waals surface area contributed by atoms with Gasteiger partial charge in [-0.2, -0.15) is 0 Å². The number of hydrogen-bond acceptors (Lipinski definition) is 3. The summed E-state index contributed by atoms with van der Waals surface area (Å²) in [4.78, 5) is 14.7. The third kappa shape index (κ3) is 2.89. The maximum Gasteiger partial charge on any atom is 0.466 e. The van der Waals surface area contributed by atoms with Crippen molar-refractivity contribution in [1.82, 2.24) is 4.98 Å². The van der Waals surface area contributed by atoms with Gasteiger partial charge in [0.1, 0.15) is 0 Å². The van der Waals surface area contributed by atoms with Crippen molar-refractivity contribution in [2.24, 2.45) is 0 Å². The van der Waals surface area contributed by atoms with Crippen LogP contribution in [0.4, 0.5) is 0 Å². The first-order valence-corrected chi connectivity index (χ1v) is 8.74. The largest absolute Gasteiger partial charge is 0.481 e. The molecule has 1 aliphatic heterocycles. The van der Waals surface area contributed by atoms with E-state index >= 15 is 0 Å². The van der Waals surface area contributed by atoms with Crippen LogP contribution in [0.5, 0.6) is 0 Å². The molecule has 2 N–H and O–H groups in total. The molecule has 0 spiro atoms. The van der Waals surface area contributed by atoms with Gasteiger partial charge < -0.3 is 19.4 Å². The van der Waals surface area contributed by atoms with E-state index in [4.69, 9.17) is 9.31 Å². The fourth-order valence-corrected chi connectivity index (χ4v) is 3.65. The zero-order valence-electron chi connectivity index (χ0n) is 14.2. The average Bonchev–Trinajstić information content (AvgIpc) is 2.96. The fraction of sp³-hybridized carbons (Fsp3) is 0.471. The molecule has 0 bridgehead atoms. The highest BCUT2D eigenvalue weighted by Crippen LogP contribution is 2.43. The molecule has 2 aromatic rings. The van der Waals surface area contributed by atoms with Crippen LogP contribution in [0.2, 0.25) is 0 Å². The van der Waals surface area contributed by atoms with Crippen LogP contribution in [-0.4, -0.2) is 34.4 Å². The summed E-state index contributed by atoms with van der Waals surface area (Å²) in [6, 6.07) is 5.85. The Kier molecular flexibility index (Phi) is 4.30. The van der Waals surface area contributed by atoms with Crippen LogP contribution in [-0.2, 0) is 14.1 Å². The number of aromatic nitrogens is 1. The molecule has 0 aliphatic carbocycles. The van der Waals surface area contributed by atoms with Gasteiger partial charge in [-0.25, -0.2) is 0 Å². The molecule has 1 saturated heterocycles. The SMILES string of the molecule is CC1(C)OB(C(CC(=O)O)c2c[nH]c3cccc(Br)c23)OC1(C)C. The first kappa shape index (κ1) is 17.5. The number of carboxylic acids is 1. The Balaban J connectivity index is 2.06. The Labute approximate surface area is 150 Å². The smallest absolute Gasteiger partial charge is 0.466 e. The van der Waals surface area contributed by atoms with Crippen LogP contribution in [0.15, 0.2) is 28.9 Å². The van der Waals surface area contributed by atoms with Gasteiger partial charge in [0.15, 0.2) is 0 Å². The Morgan fingerprint density at radius 2 is 1.92 bits per heavy atom. The first-order chi connectivity index (χ1) is 11.1. The van der Waals surface area contributed by atoms with Gasteiger partial charge in [0.2, 0.25) is 0 Å². The predicted molar refractivity (Wildman–Crippen MR) is 97.1 cm³/mol. The molecule has 2 heterocycles. The zero-order chi connectivity index (χ0) is 17.7. The minimum Gasteiger partial charge on any atom is -0.481 e. The predicted octanol–water partition coefficient (Wildman–Crippen LogP) is 4.12. The van der Waals surface area contributed by atoms with Gasteiger partial charge in [0.25, 0.3) is 0 Å². The van der Waals surface area contributed by atoms with Crippen LogP contribution < -0.4 is 0 Å². The molecule has 5 nitrogen and oxygen atoms in total. The number of H-pyrrole nitrogens is 1. The molecular formula is C17H21BBrNO4. The van der Waals surface area contributed by atoms with Gasteiger partial charge >= 0.3 is 13.1 Å². The van der Waals surface area contributed by atoms with Gasteiger partial charge in [-0.05, 0) is 45.4 Å². The maximum atomic E-state index is 11.5. The standard InChI is InChI=1S/C17H21BBrNO4/c1-16(2)17(3,4)24-18(23-16)11(8-14(21)22)10-9-20-13-7-5-6-12(19)15(10)13/h5-7,9,11,20H,8H2,1-4H3,(H,21,22). The first-order valence-electron chi connectivity index (χ1n) is 7.95. The molecule has 0 amide bonds. The zero-order valence-corrected chi connectivity index (χ0v) is 15.8. The second-order valence-electron chi connectivity index (χ2n) is 7.24. The molecule has 7 heteroatoms. The summed E-state index contributed by atoms with van der Waals surface area (Å²) in [7, 11) is -0.614. The van der Waals surface area contributed by atoms with E-state index in [1.807, 2.05) is 52.1 Å². The Bertz CT molecular complexity index is 770. The van der Waals surface area contributed by atoms with Gasteiger partial charge in [-0.1, -0.05) is 22.0 Å². The third-order valence-corrected chi connectivity index (χ3v) is 5.74. The summed E-state index contributed by atoms with van der Waals surface area (Å²) in [5.74, 6) is -1.29. The van der Waals surface area contributed by atoms with Crippen LogP contribution in [0, 0.1) is 0 Å². The van der Waals surface area contributed by atoms with E-state index in [0.717, 1.165) is 20.9 Å². The molecule has 1 unspecified atom stereocenters. The number of carboxylic acid groups (broad SMARTS) is 1. The maximum absolute atomic E-state index is 11.5. The quantitative estimate of drug-likeness (QED) is 0.766. The third-order valence-electron chi connectivity index (χ3n) is 5.08. The summed E-state index contributed by atoms with van der Waals surface area (Å²) in [6.45, 7) is 7.87. The molecular weight excluding hydrogens is 373 g/mol. The van der Waals surface area contributed by atoms with Crippen molar-refractivity contribution in [2.45, 2.75) is 51.1 Å². The average molecular weight is 394 g/mol. The fourth-order valence-electron chi connectivity index (χ4n) is 3.05. The number of aromatic amines is 1. The second kappa shape index (κ2) is 5.90. The number of hydrogen-bond donors (Lipinski definition) is 2. The second-order valence-corrected chi connectivity index (χ2v) is 8.09. The van der Waals surface area contributed by atoms with Crippen molar-refractivity contribution >= 4 is 39.9 Å². The summed E-state index contributed by atoms with van der Waals surface area (Å²) in [6.07, 6.45) is 1.79. The topological polar surface area (TPSA) is 71.5 Å². The minimum atomic E-state index is -0.879. The van der Waals surface area contributed by atoms with Crippen LogP contribution >= 0.6 is 15.9 Å². The summed E-state index contributed by atoms with van der Waals surface area (Å²) in [5, 5.41) is 10.4. The monoisotopic (exact) mass is 393 g/mol. The Morgan fingerprint density at radius 3 is 2.50 bits per heavy atom.